The Bertz CT molecular complexity index is 719. The van der Waals surface area contributed by atoms with E-state index in [2.05, 4.69) is 15.9 Å². The molecule has 0 radical (unpaired) electrons. The molecule has 0 amide bonds. The third kappa shape index (κ3) is 3.71. The first-order valence-corrected chi connectivity index (χ1v) is 7.24. The van der Waals surface area contributed by atoms with E-state index in [1.54, 1.807) is 24.3 Å². The molecule has 2 nitrogen and oxygen atoms in total. The van der Waals surface area contributed by atoms with Gasteiger partial charge in [-0.1, -0.05) is 24.3 Å². The first-order chi connectivity index (χ1) is 10.2. The highest BCUT2D eigenvalue weighted by Gasteiger charge is 2.07. The van der Waals surface area contributed by atoms with Crippen molar-refractivity contribution in [2.24, 2.45) is 0 Å². The topological polar surface area (TPSA) is 33.0 Å². The number of nitrogens with zero attached hydrogens (tertiary/aromatic N) is 1. The molecular weight excluding hydrogens is 333 g/mol. The second kappa shape index (κ2) is 7.05. The molecule has 0 heterocycles. The smallest absolute Gasteiger partial charge is 0.133 e. The zero-order valence-electron chi connectivity index (χ0n) is 11.4. The van der Waals surface area contributed by atoms with Gasteiger partial charge in [-0.2, -0.15) is 5.26 Å². The van der Waals surface area contributed by atoms with E-state index in [1.165, 1.54) is 6.07 Å². The number of allylic oxidation sites excluding steroid dienone is 1. The summed E-state index contributed by atoms with van der Waals surface area (Å²) < 4.78 is 20.0. The molecule has 4 heteroatoms. The maximum atomic E-state index is 13.8. The summed E-state index contributed by atoms with van der Waals surface area (Å²) in [5, 5.41) is 9.25. The minimum absolute atomic E-state index is 0.282. The van der Waals surface area contributed by atoms with E-state index >= 15 is 0 Å². The fourth-order valence-corrected chi connectivity index (χ4v) is 2.41. The summed E-state index contributed by atoms with van der Waals surface area (Å²) >= 11 is 3.42. The van der Waals surface area contributed by atoms with Crippen LogP contribution in [-0.4, -0.2) is 6.61 Å². The van der Waals surface area contributed by atoms with Gasteiger partial charge in [-0.3, -0.25) is 0 Å². The van der Waals surface area contributed by atoms with Gasteiger partial charge in [0.15, 0.2) is 0 Å². The summed E-state index contributed by atoms with van der Waals surface area (Å²) in [4.78, 5) is 0. The van der Waals surface area contributed by atoms with Gasteiger partial charge >= 0.3 is 0 Å². The molecule has 0 fully saturated rings. The van der Waals surface area contributed by atoms with Gasteiger partial charge in [0, 0.05) is 5.56 Å². The normalized spacial score (nSPS) is 11.0. The highest BCUT2D eigenvalue weighted by molar-refractivity contribution is 9.10. The van der Waals surface area contributed by atoms with Crippen LogP contribution in [0, 0.1) is 17.1 Å². The SMILES string of the molecule is CCOc1ccc(C=C(C#N)c2ccccc2F)cc1Br. The van der Waals surface area contributed by atoms with E-state index in [-0.39, 0.29) is 5.57 Å². The summed E-state index contributed by atoms with van der Waals surface area (Å²) in [5.41, 5.74) is 1.37. The first kappa shape index (κ1) is 15.3. The van der Waals surface area contributed by atoms with E-state index in [1.807, 2.05) is 31.2 Å². The maximum absolute atomic E-state index is 13.8. The summed E-state index contributed by atoms with van der Waals surface area (Å²) in [5.74, 6) is 0.328. The van der Waals surface area contributed by atoms with Crippen LogP contribution in [0.2, 0.25) is 0 Å². The van der Waals surface area contributed by atoms with Crippen molar-refractivity contribution in [3.05, 3.63) is 63.9 Å². The third-order valence-corrected chi connectivity index (χ3v) is 3.47. The number of rotatable bonds is 4. The van der Waals surface area contributed by atoms with Crippen molar-refractivity contribution in [1.29, 1.82) is 5.26 Å². The third-order valence-electron chi connectivity index (χ3n) is 2.85. The highest BCUT2D eigenvalue weighted by Crippen LogP contribution is 2.28. The molecule has 2 rings (SSSR count). The lowest BCUT2D eigenvalue weighted by molar-refractivity contribution is 0.338. The number of hydrogen-bond donors (Lipinski definition) is 0. The molecule has 0 spiro atoms. The molecule has 0 aromatic heterocycles. The standard InChI is InChI=1S/C17H13BrFNO/c1-2-21-17-8-7-12(10-15(17)18)9-13(11-20)14-5-3-4-6-16(14)19/h3-10H,2H2,1H3. The molecule has 2 aromatic carbocycles. The molecule has 21 heavy (non-hydrogen) atoms. The summed E-state index contributed by atoms with van der Waals surface area (Å²) in [7, 11) is 0. The largest absolute Gasteiger partial charge is 0.493 e. The van der Waals surface area contributed by atoms with Gasteiger partial charge in [0.25, 0.3) is 0 Å². The predicted molar refractivity (Wildman–Crippen MR) is 85.2 cm³/mol. The Balaban J connectivity index is 2.40. The second-order valence-corrected chi connectivity index (χ2v) is 5.13. The number of hydrogen-bond acceptors (Lipinski definition) is 2. The predicted octanol–water partition coefficient (Wildman–Crippen LogP) is 5.05. The fourth-order valence-electron chi connectivity index (χ4n) is 1.90. The van der Waals surface area contributed by atoms with Crippen LogP contribution in [-0.2, 0) is 0 Å². The highest BCUT2D eigenvalue weighted by atomic mass is 79.9. The molecule has 0 bridgehead atoms. The van der Waals surface area contributed by atoms with Crippen LogP contribution in [0.1, 0.15) is 18.1 Å². The van der Waals surface area contributed by atoms with Crippen molar-refractivity contribution in [2.45, 2.75) is 6.92 Å². The number of nitriles is 1. The zero-order valence-corrected chi connectivity index (χ0v) is 13.0. The molecular formula is C17H13BrFNO. The lowest BCUT2D eigenvalue weighted by atomic mass is 10.0. The van der Waals surface area contributed by atoms with Gasteiger partial charge in [-0.05, 0) is 52.7 Å². The van der Waals surface area contributed by atoms with Crippen LogP contribution in [0.15, 0.2) is 46.9 Å². The Morgan fingerprint density at radius 1 is 1.33 bits per heavy atom. The minimum atomic E-state index is -0.407. The van der Waals surface area contributed by atoms with Crippen molar-refractivity contribution in [3.8, 4) is 11.8 Å². The van der Waals surface area contributed by atoms with Crippen LogP contribution >= 0.6 is 15.9 Å². The molecule has 2 aromatic rings. The van der Waals surface area contributed by atoms with E-state index in [0.29, 0.717) is 12.2 Å². The van der Waals surface area contributed by atoms with Crippen molar-refractivity contribution < 1.29 is 9.13 Å². The molecule has 0 aliphatic heterocycles. The number of ether oxygens (including phenoxy) is 1. The fraction of sp³-hybridized carbons (Fsp3) is 0.118. The van der Waals surface area contributed by atoms with Crippen molar-refractivity contribution >= 4 is 27.6 Å². The zero-order chi connectivity index (χ0) is 15.2. The monoisotopic (exact) mass is 345 g/mol. The van der Waals surface area contributed by atoms with Crippen LogP contribution in [0.3, 0.4) is 0 Å². The lowest BCUT2D eigenvalue weighted by Gasteiger charge is -2.07. The average molecular weight is 346 g/mol. The lowest BCUT2D eigenvalue weighted by Crippen LogP contribution is -1.92. The minimum Gasteiger partial charge on any atom is -0.493 e. The molecule has 0 aliphatic rings. The molecule has 0 unspecified atom stereocenters. The van der Waals surface area contributed by atoms with E-state index in [4.69, 9.17) is 4.74 Å². The van der Waals surface area contributed by atoms with E-state index in [9.17, 15) is 9.65 Å². The second-order valence-electron chi connectivity index (χ2n) is 4.27. The molecule has 0 saturated heterocycles. The quantitative estimate of drug-likeness (QED) is 0.573. The average Bonchev–Trinajstić information content (AvgIpc) is 2.48. The molecule has 0 atom stereocenters. The Labute approximate surface area is 131 Å². The van der Waals surface area contributed by atoms with Gasteiger partial charge in [0.2, 0.25) is 0 Å². The molecule has 0 aliphatic carbocycles. The van der Waals surface area contributed by atoms with Gasteiger partial charge < -0.3 is 4.74 Å². The Morgan fingerprint density at radius 2 is 2.10 bits per heavy atom. The molecule has 0 saturated carbocycles. The summed E-state index contributed by atoms with van der Waals surface area (Å²) in [6.45, 7) is 2.48. The van der Waals surface area contributed by atoms with Crippen LogP contribution in [0.4, 0.5) is 4.39 Å². The Hall–Kier alpha value is -2.12. The van der Waals surface area contributed by atoms with Gasteiger partial charge in [-0.15, -0.1) is 0 Å². The van der Waals surface area contributed by atoms with Gasteiger partial charge in [0.1, 0.15) is 11.6 Å². The number of halogens is 2. The molecule has 106 valence electrons. The number of benzene rings is 2. The Morgan fingerprint density at radius 3 is 2.71 bits per heavy atom. The van der Waals surface area contributed by atoms with Gasteiger partial charge in [-0.25, -0.2) is 4.39 Å². The van der Waals surface area contributed by atoms with Gasteiger partial charge in [0.05, 0.1) is 22.7 Å². The Kier molecular flexibility index (Phi) is 5.13. The van der Waals surface area contributed by atoms with Crippen LogP contribution < -0.4 is 4.74 Å². The van der Waals surface area contributed by atoms with E-state index < -0.39 is 5.82 Å². The van der Waals surface area contributed by atoms with Crippen molar-refractivity contribution in [1.82, 2.24) is 0 Å². The van der Waals surface area contributed by atoms with E-state index in [0.717, 1.165) is 15.8 Å². The van der Waals surface area contributed by atoms with Crippen LogP contribution in [0.25, 0.3) is 11.6 Å². The van der Waals surface area contributed by atoms with Crippen LogP contribution in [0.5, 0.6) is 5.75 Å². The maximum Gasteiger partial charge on any atom is 0.133 e. The van der Waals surface area contributed by atoms with Crippen molar-refractivity contribution in [2.75, 3.05) is 6.61 Å². The summed E-state index contributed by atoms with van der Waals surface area (Å²) in [6, 6.07) is 13.8. The van der Waals surface area contributed by atoms with Crippen molar-refractivity contribution in [3.63, 3.8) is 0 Å². The summed E-state index contributed by atoms with van der Waals surface area (Å²) in [6.07, 6.45) is 1.65. The first-order valence-electron chi connectivity index (χ1n) is 6.44. The molecule has 0 N–H and O–H groups in total.